The number of thioether (sulfide) groups is 1. The first-order valence-corrected chi connectivity index (χ1v) is 16.4. The minimum atomic E-state index is -0.466. The van der Waals surface area contributed by atoms with Gasteiger partial charge in [0.1, 0.15) is 6.10 Å². The number of rotatable bonds is 10. The van der Waals surface area contributed by atoms with E-state index in [1.54, 1.807) is 11.1 Å². The predicted molar refractivity (Wildman–Crippen MR) is 173 cm³/mol. The van der Waals surface area contributed by atoms with Crippen molar-refractivity contribution in [2.24, 2.45) is 0 Å². The third-order valence-corrected chi connectivity index (χ3v) is 8.74. The Morgan fingerprint density at radius 2 is 1.83 bits per heavy atom. The molecule has 222 valence electrons. The van der Waals surface area contributed by atoms with Gasteiger partial charge in [-0.25, -0.2) is 24.3 Å². The molecule has 1 amide bonds. The van der Waals surface area contributed by atoms with Crippen molar-refractivity contribution in [1.29, 1.82) is 0 Å². The van der Waals surface area contributed by atoms with Crippen molar-refractivity contribution in [3.05, 3.63) is 70.8 Å². The maximum atomic E-state index is 14.1. The summed E-state index contributed by atoms with van der Waals surface area (Å²) in [6.45, 7) is 9.53. The molecular weight excluding hydrogens is 614 g/mol. The Labute approximate surface area is 260 Å². The molecule has 1 fully saturated rings. The first kappa shape index (κ1) is 30.5. The third-order valence-electron chi connectivity index (χ3n) is 7.69. The summed E-state index contributed by atoms with van der Waals surface area (Å²) in [5, 5.41) is 5.97. The monoisotopic (exact) mass is 651 g/mol. The van der Waals surface area contributed by atoms with Crippen molar-refractivity contribution in [3.8, 4) is 0 Å². The molecule has 0 bridgehead atoms. The van der Waals surface area contributed by atoms with E-state index in [0.29, 0.717) is 40.8 Å². The van der Waals surface area contributed by atoms with Crippen molar-refractivity contribution in [3.63, 3.8) is 0 Å². The fourth-order valence-corrected chi connectivity index (χ4v) is 5.90. The van der Waals surface area contributed by atoms with Crippen LogP contribution < -0.4 is 4.90 Å². The molecule has 5 rings (SSSR count). The van der Waals surface area contributed by atoms with Gasteiger partial charge in [0.05, 0.1) is 17.3 Å². The average Bonchev–Trinajstić information content (AvgIpc) is 3.40. The van der Waals surface area contributed by atoms with Crippen LogP contribution in [0.2, 0.25) is 0 Å². The fourth-order valence-electron chi connectivity index (χ4n) is 5.16. The molecule has 0 aliphatic carbocycles. The Morgan fingerprint density at radius 3 is 2.52 bits per heavy atom. The molecule has 1 aliphatic rings. The van der Waals surface area contributed by atoms with Gasteiger partial charge in [0.25, 0.3) is 0 Å². The zero-order valence-corrected chi connectivity index (χ0v) is 27.0. The van der Waals surface area contributed by atoms with Gasteiger partial charge >= 0.3 is 6.09 Å². The first-order valence-electron chi connectivity index (χ1n) is 14.4. The van der Waals surface area contributed by atoms with Crippen LogP contribution in [-0.2, 0) is 11.3 Å². The lowest BCUT2D eigenvalue weighted by Crippen LogP contribution is -2.48. The van der Waals surface area contributed by atoms with Gasteiger partial charge in [-0.3, -0.25) is 4.90 Å². The van der Waals surface area contributed by atoms with Crippen LogP contribution in [0.4, 0.5) is 16.3 Å². The molecule has 3 heterocycles. The summed E-state index contributed by atoms with van der Waals surface area (Å²) in [5.74, 6) is 0.678. The molecule has 2 unspecified atom stereocenters. The van der Waals surface area contributed by atoms with Crippen LogP contribution in [0.1, 0.15) is 31.7 Å². The van der Waals surface area contributed by atoms with Crippen LogP contribution >= 0.6 is 27.7 Å². The topological polar surface area (TPSA) is 79.6 Å². The highest BCUT2D eigenvalue weighted by molar-refractivity contribution is 9.10. The Kier molecular flexibility index (Phi) is 10.1. The van der Waals surface area contributed by atoms with Crippen molar-refractivity contribution >= 4 is 56.3 Å². The van der Waals surface area contributed by atoms with Crippen molar-refractivity contribution in [2.75, 3.05) is 50.9 Å². The second-order valence-corrected chi connectivity index (χ2v) is 12.4. The van der Waals surface area contributed by atoms with E-state index in [-0.39, 0.29) is 12.0 Å². The van der Waals surface area contributed by atoms with E-state index in [2.05, 4.69) is 58.8 Å². The van der Waals surface area contributed by atoms with E-state index in [1.165, 1.54) is 17.3 Å². The Bertz CT molecular complexity index is 1490. The maximum absolute atomic E-state index is 14.1. The Balaban J connectivity index is 1.50. The second kappa shape index (κ2) is 14.0. The number of aromatic nitrogens is 4. The molecule has 4 aromatic rings. The summed E-state index contributed by atoms with van der Waals surface area (Å²) in [6.07, 6.45) is 3.69. The number of carbonyl (C=O) groups excluding carboxylic acids is 1. The molecular formula is C31H38BrN7O2S. The number of amides is 1. The molecule has 9 nitrogen and oxygen atoms in total. The minimum Gasteiger partial charge on any atom is -0.444 e. The lowest BCUT2D eigenvalue weighted by atomic mass is 10.0. The second-order valence-electron chi connectivity index (χ2n) is 10.7. The van der Waals surface area contributed by atoms with Crippen molar-refractivity contribution in [2.45, 2.75) is 44.0 Å². The van der Waals surface area contributed by atoms with Gasteiger partial charge in [-0.2, -0.15) is 5.10 Å². The average molecular weight is 653 g/mol. The van der Waals surface area contributed by atoms with Gasteiger partial charge in [0, 0.05) is 49.7 Å². The summed E-state index contributed by atoms with van der Waals surface area (Å²) in [5.41, 5.74) is 2.57. The molecule has 1 aliphatic heterocycles. The van der Waals surface area contributed by atoms with Gasteiger partial charge in [-0.15, -0.1) is 0 Å². The smallest absolute Gasteiger partial charge is 0.420 e. The van der Waals surface area contributed by atoms with Crippen LogP contribution in [0.3, 0.4) is 0 Å². The number of hydrogen-bond acceptors (Lipinski definition) is 8. The molecule has 42 heavy (non-hydrogen) atoms. The third kappa shape index (κ3) is 7.14. The van der Waals surface area contributed by atoms with Crippen LogP contribution in [0, 0.1) is 0 Å². The van der Waals surface area contributed by atoms with E-state index in [9.17, 15) is 4.79 Å². The van der Waals surface area contributed by atoms with Crippen molar-refractivity contribution < 1.29 is 9.53 Å². The number of hydrogen-bond donors (Lipinski definition) is 0. The van der Waals surface area contributed by atoms with Gasteiger partial charge in [0.2, 0.25) is 0 Å². The summed E-state index contributed by atoms with van der Waals surface area (Å²) in [4.78, 5) is 30.0. The summed E-state index contributed by atoms with van der Waals surface area (Å²) in [7, 11) is 2.14. The van der Waals surface area contributed by atoms with Crippen LogP contribution in [-0.4, -0.2) is 87.8 Å². The summed E-state index contributed by atoms with van der Waals surface area (Å²) >= 11 is 5.01. The van der Waals surface area contributed by atoms with Crippen molar-refractivity contribution in [1.82, 2.24) is 29.5 Å². The molecule has 0 N–H and O–H groups in total. The molecule has 2 aromatic heterocycles. The zero-order valence-electron chi connectivity index (χ0n) is 24.6. The Morgan fingerprint density at radius 1 is 1.07 bits per heavy atom. The van der Waals surface area contributed by atoms with Gasteiger partial charge in [-0.05, 0) is 43.5 Å². The fraction of sp³-hybridized carbons (Fsp3) is 0.419. The van der Waals surface area contributed by atoms with Crippen LogP contribution in [0.25, 0.3) is 11.0 Å². The number of fused-ring (bicyclic) bond motifs is 1. The number of ether oxygens (including phenoxy) is 1. The van der Waals surface area contributed by atoms with E-state index in [0.717, 1.165) is 37.1 Å². The number of piperazine rings is 1. The Hall–Kier alpha value is -2.99. The molecule has 2 aromatic carbocycles. The van der Waals surface area contributed by atoms with Gasteiger partial charge in [0.15, 0.2) is 16.6 Å². The first-order chi connectivity index (χ1) is 20.4. The number of carbonyl (C=O) groups is 1. The minimum absolute atomic E-state index is 0.219. The molecule has 0 saturated carbocycles. The van der Waals surface area contributed by atoms with Gasteiger partial charge in [-0.1, -0.05) is 77.9 Å². The van der Waals surface area contributed by atoms with E-state index in [1.807, 2.05) is 53.4 Å². The highest BCUT2D eigenvalue weighted by Crippen LogP contribution is 2.34. The van der Waals surface area contributed by atoms with Gasteiger partial charge < -0.3 is 9.64 Å². The van der Waals surface area contributed by atoms with E-state index < -0.39 is 6.09 Å². The highest BCUT2D eigenvalue weighted by Gasteiger charge is 2.29. The summed E-state index contributed by atoms with van der Waals surface area (Å²) in [6, 6.07) is 18.0. The number of nitrogens with zero attached hydrogens (tertiary/aromatic N) is 7. The highest BCUT2D eigenvalue weighted by atomic mass is 79.9. The number of likely N-dealkylation sites (N-methyl/N-ethyl adjacent to an activating group) is 1. The maximum Gasteiger partial charge on any atom is 0.420 e. The molecule has 0 spiro atoms. The van der Waals surface area contributed by atoms with Crippen LogP contribution in [0.15, 0.2) is 70.4 Å². The van der Waals surface area contributed by atoms with Crippen LogP contribution in [0.5, 0.6) is 0 Å². The number of benzene rings is 2. The normalized spacial score (nSPS) is 15.9. The quantitative estimate of drug-likeness (QED) is 0.144. The molecule has 0 radical (unpaired) electrons. The summed E-state index contributed by atoms with van der Waals surface area (Å²) < 4.78 is 8.97. The van der Waals surface area contributed by atoms with E-state index in [4.69, 9.17) is 19.8 Å². The lowest BCUT2D eigenvalue weighted by molar-refractivity contribution is 0.0575. The molecule has 11 heteroatoms. The zero-order chi connectivity index (χ0) is 29.6. The molecule has 2 atom stereocenters. The predicted octanol–water partition coefficient (Wildman–Crippen LogP) is 6.42. The lowest BCUT2D eigenvalue weighted by Gasteiger charge is -2.34. The SMILES string of the molecule is CCC(CN1CCN(C)CC1)OC(=O)N(c1cccc(Br)c1)c1nc(SC)nc2c1cnn2CC(C)c1ccccc1. The standard InChI is InChI=1S/C31H38BrN7O2S/c1-5-26(21-37-16-14-36(3)15-17-37)41-31(40)39(25-13-9-12-24(32)18-25)29-27-19-33-38(28(27)34-30(35-29)42-4)20-22(2)23-10-7-6-8-11-23/h6-13,18-19,22,26H,5,14-17,20-21H2,1-4H3. The number of anilines is 2. The molecule has 1 saturated heterocycles. The number of halogens is 1. The van der Waals surface area contributed by atoms with E-state index >= 15 is 0 Å². The largest absolute Gasteiger partial charge is 0.444 e.